The van der Waals surface area contributed by atoms with Crippen molar-refractivity contribution in [3.63, 3.8) is 0 Å². The lowest BCUT2D eigenvalue weighted by atomic mass is 10.1. The maximum Gasteiger partial charge on any atom is 0.407 e. The highest BCUT2D eigenvalue weighted by molar-refractivity contribution is 5.86. The molecule has 0 aromatic rings. The van der Waals surface area contributed by atoms with E-state index < -0.39 is 18.3 Å². The molecular weight excluding hydrogens is 295 g/mol. The molecule has 22 heavy (non-hydrogen) atoms. The van der Waals surface area contributed by atoms with Gasteiger partial charge in [-0.2, -0.15) is 0 Å². The molecule has 2 amide bonds. The summed E-state index contributed by atoms with van der Waals surface area (Å²) >= 11 is 0. The molecule has 0 radical (unpaired) electrons. The van der Waals surface area contributed by atoms with Gasteiger partial charge in [-0.05, 0) is 12.8 Å². The molecule has 8 heteroatoms. The number of carbonyl (C=O) groups excluding carboxylic acids is 1. The third-order valence-corrected chi connectivity index (χ3v) is 4.17. The van der Waals surface area contributed by atoms with Crippen LogP contribution in [-0.2, 0) is 14.3 Å². The van der Waals surface area contributed by atoms with Crippen molar-refractivity contribution in [1.29, 1.82) is 0 Å². The SMILES string of the molecule is COCCOC[C@@H]1C[C@H](F)CN1C(=O)[C@@H]1CCCN1C(=O)O. The van der Waals surface area contributed by atoms with Crippen LogP contribution in [0.15, 0.2) is 0 Å². The molecule has 0 bridgehead atoms. The van der Waals surface area contributed by atoms with Gasteiger partial charge in [-0.1, -0.05) is 0 Å². The predicted molar refractivity (Wildman–Crippen MR) is 75.5 cm³/mol. The number of carbonyl (C=O) groups is 2. The van der Waals surface area contributed by atoms with Gasteiger partial charge in [0.15, 0.2) is 0 Å². The van der Waals surface area contributed by atoms with E-state index in [2.05, 4.69) is 0 Å². The van der Waals surface area contributed by atoms with Gasteiger partial charge in [0, 0.05) is 20.1 Å². The largest absolute Gasteiger partial charge is 0.465 e. The van der Waals surface area contributed by atoms with Crippen molar-refractivity contribution in [2.45, 2.75) is 37.5 Å². The van der Waals surface area contributed by atoms with E-state index in [0.717, 1.165) is 4.90 Å². The molecule has 2 rings (SSSR count). The van der Waals surface area contributed by atoms with Gasteiger partial charge in [0.1, 0.15) is 12.2 Å². The Morgan fingerprint density at radius 2 is 2.09 bits per heavy atom. The number of ether oxygens (including phenoxy) is 2. The van der Waals surface area contributed by atoms with Gasteiger partial charge in [-0.15, -0.1) is 0 Å². The number of hydrogen-bond donors (Lipinski definition) is 1. The van der Waals surface area contributed by atoms with Gasteiger partial charge in [-0.25, -0.2) is 9.18 Å². The first-order valence-electron chi connectivity index (χ1n) is 7.55. The second-order valence-electron chi connectivity index (χ2n) is 5.68. The third kappa shape index (κ3) is 3.86. The number of amides is 2. The molecule has 2 fully saturated rings. The van der Waals surface area contributed by atoms with Crippen molar-refractivity contribution in [3.8, 4) is 0 Å². The molecule has 2 saturated heterocycles. The normalized spacial score (nSPS) is 28.4. The van der Waals surface area contributed by atoms with Crippen LogP contribution in [0.3, 0.4) is 0 Å². The Morgan fingerprint density at radius 3 is 2.77 bits per heavy atom. The maximum absolute atomic E-state index is 13.7. The minimum atomic E-state index is -1.10. The fourth-order valence-corrected chi connectivity index (χ4v) is 3.09. The third-order valence-electron chi connectivity index (χ3n) is 4.17. The van der Waals surface area contributed by atoms with Gasteiger partial charge >= 0.3 is 6.09 Å². The summed E-state index contributed by atoms with van der Waals surface area (Å²) in [5, 5.41) is 9.14. The van der Waals surface area contributed by atoms with Crippen LogP contribution in [0.25, 0.3) is 0 Å². The van der Waals surface area contributed by atoms with Gasteiger partial charge in [0.05, 0.1) is 32.4 Å². The molecular formula is C14H23FN2O5. The van der Waals surface area contributed by atoms with E-state index in [1.165, 1.54) is 4.90 Å². The Labute approximate surface area is 129 Å². The smallest absolute Gasteiger partial charge is 0.407 e. The molecule has 0 unspecified atom stereocenters. The zero-order valence-corrected chi connectivity index (χ0v) is 12.7. The van der Waals surface area contributed by atoms with E-state index in [-0.39, 0.29) is 31.5 Å². The summed E-state index contributed by atoms with van der Waals surface area (Å²) in [6, 6.07) is -1.03. The molecule has 0 aromatic carbocycles. The Kier molecular flexibility index (Phi) is 5.96. The Balaban J connectivity index is 1.95. The quantitative estimate of drug-likeness (QED) is 0.731. The molecule has 2 aliphatic heterocycles. The molecule has 3 atom stereocenters. The van der Waals surface area contributed by atoms with E-state index in [0.29, 0.717) is 32.6 Å². The second kappa shape index (κ2) is 7.73. The summed E-state index contributed by atoms with van der Waals surface area (Å²) < 4.78 is 24.0. The lowest BCUT2D eigenvalue weighted by Crippen LogP contribution is -2.50. The highest BCUT2D eigenvalue weighted by atomic mass is 19.1. The van der Waals surface area contributed by atoms with Crippen molar-refractivity contribution in [3.05, 3.63) is 0 Å². The van der Waals surface area contributed by atoms with E-state index in [4.69, 9.17) is 14.6 Å². The molecule has 2 heterocycles. The van der Waals surface area contributed by atoms with Gasteiger partial charge in [-0.3, -0.25) is 9.69 Å². The van der Waals surface area contributed by atoms with Gasteiger partial charge in [0.25, 0.3) is 0 Å². The van der Waals surface area contributed by atoms with E-state index in [9.17, 15) is 14.0 Å². The number of methoxy groups -OCH3 is 1. The fourth-order valence-electron chi connectivity index (χ4n) is 3.09. The summed E-state index contributed by atoms with van der Waals surface area (Å²) in [5.41, 5.74) is 0. The van der Waals surface area contributed by atoms with Crippen LogP contribution in [0.2, 0.25) is 0 Å². The number of hydrogen-bond acceptors (Lipinski definition) is 4. The first-order valence-corrected chi connectivity index (χ1v) is 7.55. The average molecular weight is 318 g/mol. The van der Waals surface area contributed by atoms with Crippen LogP contribution in [0.1, 0.15) is 19.3 Å². The molecule has 0 saturated carbocycles. The molecule has 0 spiro atoms. The van der Waals surface area contributed by atoms with Crippen molar-refractivity contribution >= 4 is 12.0 Å². The highest BCUT2D eigenvalue weighted by Crippen LogP contribution is 2.26. The number of rotatable bonds is 6. The first-order chi connectivity index (χ1) is 10.5. The Morgan fingerprint density at radius 1 is 1.32 bits per heavy atom. The highest BCUT2D eigenvalue weighted by Gasteiger charge is 2.42. The van der Waals surface area contributed by atoms with Gasteiger partial charge in [0.2, 0.25) is 5.91 Å². The van der Waals surface area contributed by atoms with Crippen LogP contribution in [-0.4, -0.2) is 85.2 Å². The average Bonchev–Trinajstić information content (AvgIpc) is 3.09. The minimum absolute atomic E-state index is 0.0150. The number of likely N-dealkylation sites (tertiary alicyclic amines) is 2. The summed E-state index contributed by atoms with van der Waals surface area (Å²) in [6.07, 6.45) is -0.793. The standard InChI is InChI=1S/C14H23FN2O5/c1-21-5-6-22-9-11-7-10(15)8-17(11)13(18)12-3-2-4-16(12)14(19)20/h10-12H,2-9H2,1H3,(H,19,20)/t10-,11-,12-/m0/s1. The van der Waals surface area contributed by atoms with Crippen molar-refractivity contribution < 1.29 is 28.6 Å². The van der Waals surface area contributed by atoms with Gasteiger partial charge < -0.3 is 19.5 Å². The van der Waals surface area contributed by atoms with E-state index >= 15 is 0 Å². The van der Waals surface area contributed by atoms with Crippen LogP contribution < -0.4 is 0 Å². The lowest BCUT2D eigenvalue weighted by Gasteiger charge is -2.30. The Hall–Kier alpha value is -1.41. The fraction of sp³-hybridized carbons (Fsp3) is 0.857. The van der Waals surface area contributed by atoms with Crippen LogP contribution in [0, 0.1) is 0 Å². The number of carboxylic acid groups (broad SMARTS) is 1. The number of nitrogens with zero attached hydrogens (tertiary/aromatic N) is 2. The van der Waals surface area contributed by atoms with Crippen LogP contribution in [0.4, 0.5) is 9.18 Å². The molecule has 1 N–H and O–H groups in total. The van der Waals surface area contributed by atoms with Crippen molar-refractivity contribution in [2.24, 2.45) is 0 Å². The molecule has 126 valence electrons. The molecule has 2 aliphatic rings. The predicted octanol–water partition coefficient (Wildman–Crippen LogP) is 0.731. The monoisotopic (exact) mass is 318 g/mol. The molecule has 0 aliphatic carbocycles. The van der Waals surface area contributed by atoms with Crippen molar-refractivity contribution in [2.75, 3.05) is 40.0 Å². The van der Waals surface area contributed by atoms with Crippen molar-refractivity contribution in [1.82, 2.24) is 9.80 Å². The maximum atomic E-state index is 13.7. The van der Waals surface area contributed by atoms with Crippen LogP contribution >= 0.6 is 0 Å². The summed E-state index contributed by atoms with van der Waals surface area (Å²) in [6.45, 7) is 1.44. The summed E-state index contributed by atoms with van der Waals surface area (Å²) in [4.78, 5) is 26.3. The first kappa shape index (κ1) is 17.0. The Bertz CT molecular complexity index is 409. The zero-order chi connectivity index (χ0) is 16.1. The van der Waals surface area contributed by atoms with E-state index in [1.807, 2.05) is 0 Å². The number of halogens is 1. The lowest BCUT2D eigenvalue weighted by molar-refractivity contribution is -0.137. The van der Waals surface area contributed by atoms with E-state index in [1.54, 1.807) is 7.11 Å². The zero-order valence-electron chi connectivity index (χ0n) is 12.7. The van der Waals surface area contributed by atoms with Crippen LogP contribution in [0.5, 0.6) is 0 Å². The molecule has 0 aromatic heterocycles. The summed E-state index contributed by atoms with van der Waals surface area (Å²) in [7, 11) is 1.56. The minimum Gasteiger partial charge on any atom is -0.465 e. The second-order valence-corrected chi connectivity index (χ2v) is 5.68. The summed E-state index contributed by atoms with van der Waals surface area (Å²) in [5.74, 6) is -0.305. The topological polar surface area (TPSA) is 79.3 Å². The number of alkyl halides is 1. The molecule has 7 nitrogen and oxygen atoms in total.